The topological polar surface area (TPSA) is 12.9 Å². The van der Waals surface area contributed by atoms with Crippen molar-refractivity contribution in [2.75, 3.05) is 5.75 Å². The number of aromatic nitrogens is 1. The lowest BCUT2D eigenvalue weighted by Gasteiger charge is -2.06. The Labute approximate surface area is 184 Å². The highest BCUT2D eigenvalue weighted by Gasteiger charge is 2.02. The largest absolute Gasteiger partial charge is 0.255 e. The minimum absolute atomic E-state index is 1.16. The van der Waals surface area contributed by atoms with Gasteiger partial charge in [-0.25, -0.2) is 0 Å². The fraction of sp³-hybridized carbons (Fsp3) is 0.667. The van der Waals surface area contributed by atoms with Gasteiger partial charge in [-0.05, 0) is 24.3 Å². The highest BCUT2D eigenvalue weighted by atomic mass is 32.2. The highest BCUT2D eigenvalue weighted by Crippen LogP contribution is 2.27. The lowest BCUT2D eigenvalue weighted by atomic mass is 10.0. The molecule has 1 heterocycles. The van der Waals surface area contributed by atoms with Crippen LogP contribution in [0.1, 0.15) is 110 Å². The molecule has 0 bridgehead atoms. The van der Waals surface area contributed by atoms with Crippen molar-refractivity contribution >= 4 is 22.7 Å². The van der Waals surface area contributed by atoms with E-state index in [4.69, 9.17) is 0 Å². The number of thioether (sulfide) groups is 1. The lowest BCUT2D eigenvalue weighted by molar-refractivity contribution is 0.532. The Morgan fingerprint density at radius 2 is 1.14 bits per heavy atom. The zero-order chi connectivity index (χ0) is 20.4. The number of benzene rings is 1. The fourth-order valence-electron chi connectivity index (χ4n) is 4.02. The zero-order valence-electron chi connectivity index (χ0n) is 18.8. The normalized spacial score (nSPS) is 11.3. The molecule has 1 aromatic carbocycles. The Morgan fingerprint density at radius 1 is 0.621 bits per heavy atom. The molecule has 0 saturated heterocycles. The molecule has 0 fully saturated rings. The molecule has 29 heavy (non-hydrogen) atoms. The summed E-state index contributed by atoms with van der Waals surface area (Å²) in [5.74, 6) is 1.22. The quantitative estimate of drug-likeness (QED) is 0.178. The average molecular weight is 414 g/mol. The number of nitrogens with zero attached hydrogens (tertiary/aromatic N) is 1. The molecule has 2 aromatic rings. The molecular formula is C27H43NS. The minimum Gasteiger partial charge on any atom is -0.255 e. The number of unbranched alkanes of at least 4 members (excludes halogenated alkanes) is 15. The first kappa shape index (κ1) is 24.3. The van der Waals surface area contributed by atoms with Crippen LogP contribution < -0.4 is 0 Å². The number of pyridine rings is 1. The van der Waals surface area contributed by atoms with Crippen LogP contribution in [0.25, 0.3) is 10.9 Å². The Balaban J connectivity index is 1.35. The summed E-state index contributed by atoms with van der Waals surface area (Å²) in [6, 6.07) is 10.7. The molecule has 0 spiro atoms. The van der Waals surface area contributed by atoms with E-state index >= 15 is 0 Å². The number of rotatable bonds is 18. The smallest absolute Gasteiger partial charge is 0.0837 e. The molecule has 2 rings (SSSR count). The first-order valence-corrected chi connectivity index (χ1v) is 13.4. The lowest BCUT2D eigenvalue weighted by Crippen LogP contribution is -1.86. The monoisotopic (exact) mass is 413 g/mol. The zero-order valence-corrected chi connectivity index (χ0v) is 19.7. The van der Waals surface area contributed by atoms with E-state index in [1.807, 2.05) is 24.0 Å². The molecule has 0 unspecified atom stereocenters. The molecule has 1 nitrogen and oxygen atoms in total. The van der Waals surface area contributed by atoms with Crippen LogP contribution >= 0.6 is 11.8 Å². The second kappa shape index (κ2) is 16.7. The Kier molecular flexibility index (Phi) is 14.0. The number of hydrogen-bond donors (Lipinski definition) is 0. The third-order valence-electron chi connectivity index (χ3n) is 5.85. The number of fused-ring (bicyclic) bond motifs is 1. The van der Waals surface area contributed by atoms with Crippen molar-refractivity contribution in [2.45, 2.75) is 115 Å². The predicted octanol–water partition coefficient (Wildman–Crippen LogP) is 9.59. The standard InChI is InChI=1S/C27H43NS/c1-2-3-4-5-6-7-8-9-10-11-12-13-14-15-16-17-24-29-26-22-18-20-25-21-19-23-28-27(25)26/h18-23H,2-17,24H2,1H3. The van der Waals surface area contributed by atoms with Crippen molar-refractivity contribution in [1.29, 1.82) is 0 Å². The van der Waals surface area contributed by atoms with Gasteiger partial charge >= 0.3 is 0 Å². The summed E-state index contributed by atoms with van der Waals surface area (Å²) in [4.78, 5) is 5.89. The minimum atomic E-state index is 1.16. The molecule has 1 aromatic heterocycles. The molecule has 0 aliphatic rings. The molecule has 0 radical (unpaired) electrons. The van der Waals surface area contributed by atoms with Crippen LogP contribution in [0, 0.1) is 0 Å². The van der Waals surface area contributed by atoms with Gasteiger partial charge in [0, 0.05) is 16.5 Å². The van der Waals surface area contributed by atoms with Gasteiger partial charge in [0.1, 0.15) is 0 Å². The number of hydrogen-bond acceptors (Lipinski definition) is 2. The second-order valence-electron chi connectivity index (χ2n) is 8.48. The summed E-state index contributed by atoms with van der Waals surface area (Å²) in [7, 11) is 0. The Hall–Kier alpha value is -1.02. The summed E-state index contributed by atoms with van der Waals surface area (Å²) in [6.07, 6.45) is 24.8. The van der Waals surface area contributed by atoms with Crippen LogP contribution in [-0.2, 0) is 0 Å². The van der Waals surface area contributed by atoms with Crippen molar-refractivity contribution in [1.82, 2.24) is 4.98 Å². The summed E-state index contributed by atoms with van der Waals surface area (Å²) in [6.45, 7) is 2.30. The van der Waals surface area contributed by atoms with E-state index in [1.54, 1.807) is 0 Å². The van der Waals surface area contributed by atoms with E-state index in [0.717, 1.165) is 5.52 Å². The summed E-state index contributed by atoms with van der Waals surface area (Å²) < 4.78 is 0. The van der Waals surface area contributed by atoms with Crippen LogP contribution in [0.2, 0.25) is 0 Å². The summed E-state index contributed by atoms with van der Waals surface area (Å²) >= 11 is 1.97. The number of para-hydroxylation sites is 1. The summed E-state index contributed by atoms with van der Waals surface area (Å²) in [5, 5.41) is 1.25. The molecule has 0 aliphatic heterocycles. The highest BCUT2D eigenvalue weighted by molar-refractivity contribution is 7.99. The van der Waals surface area contributed by atoms with Gasteiger partial charge in [0.05, 0.1) is 5.52 Å². The van der Waals surface area contributed by atoms with Crippen LogP contribution in [0.5, 0.6) is 0 Å². The van der Waals surface area contributed by atoms with Gasteiger partial charge in [-0.3, -0.25) is 4.98 Å². The Morgan fingerprint density at radius 3 is 1.72 bits per heavy atom. The molecule has 162 valence electrons. The van der Waals surface area contributed by atoms with Gasteiger partial charge in [0.2, 0.25) is 0 Å². The van der Waals surface area contributed by atoms with E-state index in [9.17, 15) is 0 Å². The van der Waals surface area contributed by atoms with E-state index in [0.29, 0.717) is 0 Å². The fourth-order valence-corrected chi connectivity index (χ4v) is 5.08. The van der Waals surface area contributed by atoms with E-state index in [1.165, 1.54) is 119 Å². The van der Waals surface area contributed by atoms with Crippen molar-refractivity contribution in [3.05, 3.63) is 36.5 Å². The van der Waals surface area contributed by atoms with Gasteiger partial charge in [-0.2, -0.15) is 0 Å². The van der Waals surface area contributed by atoms with Gasteiger partial charge in [-0.15, -0.1) is 11.8 Å². The molecule has 0 saturated carbocycles. The SMILES string of the molecule is CCCCCCCCCCCCCCCCCCSc1cccc2cccnc12. The predicted molar refractivity (Wildman–Crippen MR) is 132 cm³/mol. The third-order valence-corrected chi connectivity index (χ3v) is 6.98. The first-order chi connectivity index (χ1) is 14.4. The third kappa shape index (κ3) is 11.1. The molecule has 0 N–H and O–H groups in total. The maximum atomic E-state index is 4.56. The van der Waals surface area contributed by atoms with E-state index in [2.05, 4.69) is 36.2 Å². The van der Waals surface area contributed by atoms with Crippen molar-refractivity contribution < 1.29 is 0 Å². The molecule has 0 aliphatic carbocycles. The molecule has 0 atom stereocenters. The van der Waals surface area contributed by atoms with Gasteiger partial charge in [0.25, 0.3) is 0 Å². The van der Waals surface area contributed by atoms with Crippen LogP contribution in [0.3, 0.4) is 0 Å². The van der Waals surface area contributed by atoms with E-state index in [-0.39, 0.29) is 0 Å². The van der Waals surface area contributed by atoms with Crippen LogP contribution in [0.4, 0.5) is 0 Å². The van der Waals surface area contributed by atoms with Crippen molar-refractivity contribution in [3.63, 3.8) is 0 Å². The molecular weight excluding hydrogens is 370 g/mol. The summed E-state index contributed by atoms with van der Waals surface area (Å²) in [5.41, 5.74) is 1.16. The van der Waals surface area contributed by atoms with Gasteiger partial charge in [0.15, 0.2) is 0 Å². The van der Waals surface area contributed by atoms with Gasteiger partial charge in [-0.1, -0.05) is 121 Å². The molecule has 0 amide bonds. The maximum Gasteiger partial charge on any atom is 0.0837 e. The van der Waals surface area contributed by atoms with Gasteiger partial charge < -0.3 is 0 Å². The van der Waals surface area contributed by atoms with Crippen LogP contribution in [-0.4, -0.2) is 10.7 Å². The maximum absolute atomic E-state index is 4.56. The van der Waals surface area contributed by atoms with Crippen molar-refractivity contribution in [2.24, 2.45) is 0 Å². The Bertz CT molecular complexity index is 634. The van der Waals surface area contributed by atoms with E-state index < -0.39 is 0 Å². The average Bonchev–Trinajstić information content (AvgIpc) is 2.76. The first-order valence-electron chi connectivity index (χ1n) is 12.4. The second-order valence-corrected chi connectivity index (χ2v) is 9.62. The van der Waals surface area contributed by atoms with Crippen LogP contribution in [0.15, 0.2) is 41.4 Å². The molecule has 2 heteroatoms. The van der Waals surface area contributed by atoms with Crippen molar-refractivity contribution in [3.8, 4) is 0 Å².